The fourth-order valence-corrected chi connectivity index (χ4v) is 4.06. The first-order chi connectivity index (χ1) is 12.4. The Morgan fingerprint density at radius 2 is 2.12 bits per heavy atom. The molecule has 0 bridgehead atoms. The van der Waals surface area contributed by atoms with Crippen LogP contribution in [0.25, 0.3) is 10.9 Å². The van der Waals surface area contributed by atoms with Crippen molar-refractivity contribution < 1.29 is 14.3 Å². The highest BCUT2D eigenvalue weighted by atomic mass is 32.5. The molecular formula is C18H22N3O3PS. The van der Waals surface area contributed by atoms with Gasteiger partial charge in [0.1, 0.15) is 6.07 Å². The summed E-state index contributed by atoms with van der Waals surface area (Å²) in [6.45, 7) is 0.443. The molecule has 138 valence electrons. The molecule has 2 heterocycles. The second kappa shape index (κ2) is 7.99. The number of aryl methyl sites for hydroxylation is 1. The van der Waals surface area contributed by atoms with Crippen molar-refractivity contribution in [1.29, 1.82) is 5.26 Å². The molecule has 2 aromatic rings. The van der Waals surface area contributed by atoms with Gasteiger partial charge in [0.25, 0.3) is 0 Å². The van der Waals surface area contributed by atoms with Crippen LogP contribution in [0, 0.1) is 24.2 Å². The summed E-state index contributed by atoms with van der Waals surface area (Å²) in [5, 5.41) is 10.5. The molecule has 0 amide bonds. The molecule has 0 unspecified atom stereocenters. The Hall–Kier alpha value is -1.55. The van der Waals surface area contributed by atoms with E-state index in [-0.39, 0.29) is 6.61 Å². The lowest BCUT2D eigenvalue weighted by molar-refractivity contribution is 0.221. The largest absolute Gasteiger partial charge is 0.370 e. The summed E-state index contributed by atoms with van der Waals surface area (Å²) in [6.07, 6.45) is 4.34. The summed E-state index contributed by atoms with van der Waals surface area (Å²) in [7, 11) is 0. The van der Waals surface area contributed by atoms with E-state index in [4.69, 9.17) is 14.3 Å². The van der Waals surface area contributed by atoms with Crippen LogP contribution in [0.15, 0.2) is 24.4 Å². The monoisotopic (exact) mass is 391 g/mol. The number of nitrogens with zero attached hydrogens (tertiary/aromatic N) is 3. The van der Waals surface area contributed by atoms with Crippen LogP contribution < -0.4 is 4.90 Å². The fraction of sp³-hybridized carbons (Fsp3) is 0.444. The van der Waals surface area contributed by atoms with Gasteiger partial charge in [-0.1, -0.05) is 12.1 Å². The molecule has 1 aliphatic rings. The third-order valence-electron chi connectivity index (χ3n) is 4.83. The van der Waals surface area contributed by atoms with Crippen LogP contribution in [0.5, 0.6) is 0 Å². The van der Waals surface area contributed by atoms with E-state index in [1.54, 1.807) is 6.20 Å². The average molecular weight is 391 g/mol. The van der Waals surface area contributed by atoms with Gasteiger partial charge in [0.15, 0.2) is 0 Å². The maximum atomic E-state index is 9.52. The molecule has 2 N–H and O–H groups in total. The number of pyridine rings is 1. The molecular weight excluding hydrogens is 369 g/mol. The van der Waals surface area contributed by atoms with Crippen LogP contribution in [-0.4, -0.2) is 34.5 Å². The number of hydrogen-bond acceptors (Lipinski definition) is 5. The summed E-state index contributed by atoms with van der Waals surface area (Å²) >= 11 is 4.47. The van der Waals surface area contributed by atoms with Crippen LogP contribution in [0.3, 0.4) is 0 Å². The lowest BCUT2D eigenvalue weighted by atomic mass is 9.93. The van der Waals surface area contributed by atoms with Gasteiger partial charge in [-0.05, 0) is 55.5 Å². The predicted octanol–water partition coefficient (Wildman–Crippen LogP) is 3.25. The second-order valence-corrected chi connectivity index (χ2v) is 9.36. The molecule has 8 heteroatoms. The first kappa shape index (κ1) is 19.2. The molecule has 0 atom stereocenters. The van der Waals surface area contributed by atoms with Crippen molar-refractivity contribution in [2.75, 3.05) is 24.6 Å². The van der Waals surface area contributed by atoms with Gasteiger partial charge >= 0.3 is 6.72 Å². The molecule has 1 fully saturated rings. The van der Waals surface area contributed by atoms with Gasteiger partial charge in [-0.3, -0.25) is 4.98 Å². The van der Waals surface area contributed by atoms with Gasteiger partial charge in [-0.25, -0.2) is 0 Å². The van der Waals surface area contributed by atoms with E-state index in [2.05, 4.69) is 27.8 Å². The highest BCUT2D eigenvalue weighted by Crippen LogP contribution is 2.38. The van der Waals surface area contributed by atoms with Gasteiger partial charge in [0.2, 0.25) is 0 Å². The van der Waals surface area contributed by atoms with Crippen molar-refractivity contribution in [2.45, 2.75) is 26.2 Å². The summed E-state index contributed by atoms with van der Waals surface area (Å²) in [6, 6.07) is 8.41. The predicted molar refractivity (Wildman–Crippen MR) is 105 cm³/mol. The Morgan fingerprint density at radius 3 is 2.77 bits per heavy atom. The molecule has 26 heavy (non-hydrogen) atoms. The maximum Gasteiger partial charge on any atom is 0.321 e. The zero-order valence-electron chi connectivity index (χ0n) is 14.6. The van der Waals surface area contributed by atoms with Gasteiger partial charge in [0.05, 0.1) is 23.4 Å². The number of hydrogen-bond donors (Lipinski definition) is 2. The van der Waals surface area contributed by atoms with Gasteiger partial charge in [-0.15, -0.1) is 0 Å². The molecule has 0 radical (unpaired) electrons. The molecule has 3 rings (SSSR count). The van der Waals surface area contributed by atoms with Crippen molar-refractivity contribution >= 4 is 35.1 Å². The van der Waals surface area contributed by atoms with Gasteiger partial charge in [0, 0.05) is 24.7 Å². The normalized spacial score (nSPS) is 16.0. The SMILES string of the molecule is Cc1ccc2c(N3CCC(CCOP(O)(O)=S)CC3)c(C#N)cnc2c1. The summed E-state index contributed by atoms with van der Waals surface area (Å²) in [4.78, 5) is 24.9. The molecule has 0 aliphatic carbocycles. The third kappa shape index (κ3) is 4.59. The minimum Gasteiger partial charge on any atom is -0.370 e. The van der Waals surface area contributed by atoms with Crippen LogP contribution in [0.4, 0.5) is 5.69 Å². The topological polar surface area (TPSA) is 89.6 Å². The standard InChI is InChI=1S/C18H22N3O3PS/c1-13-2-3-16-17(10-13)20-12-15(11-19)18(16)21-7-4-14(5-8-21)6-9-24-25(22,23)26/h2-3,10,12,14H,4-9H2,1H3,(H2,22,23,26). The second-order valence-electron chi connectivity index (χ2n) is 6.70. The van der Waals surface area contributed by atoms with Crippen molar-refractivity contribution in [3.63, 3.8) is 0 Å². The molecule has 1 saturated heterocycles. The summed E-state index contributed by atoms with van der Waals surface area (Å²) in [5.41, 5.74) is 3.62. The first-order valence-corrected chi connectivity index (χ1v) is 11.2. The maximum absolute atomic E-state index is 9.52. The number of rotatable bonds is 5. The number of piperidine rings is 1. The molecule has 1 aromatic heterocycles. The van der Waals surface area contributed by atoms with Crippen molar-refractivity contribution in [3.8, 4) is 6.07 Å². The minimum absolute atomic E-state index is 0.274. The van der Waals surface area contributed by atoms with Gasteiger partial charge < -0.3 is 19.2 Å². The van der Waals surface area contributed by atoms with Crippen LogP contribution >= 0.6 is 6.72 Å². The van der Waals surface area contributed by atoms with Crippen LogP contribution in [0.1, 0.15) is 30.4 Å². The lowest BCUT2D eigenvalue weighted by Crippen LogP contribution is -2.34. The van der Waals surface area contributed by atoms with E-state index in [1.807, 2.05) is 25.1 Å². The molecule has 6 nitrogen and oxygen atoms in total. The minimum atomic E-state index is -3.56. The third-order valence-corrected chi connectivity index (χ3v) is 5.67. The Balaban J connectivity index is 1.73. The fourth-order valence-electron chi connectivity index (χ4n) is 3.50. The van der Waals surface area contributed by atoms with Crippen molar-refractivity contribution in [3.05, 3.63) is 35.5 Å². The quantitative estimate of drug-likeness (QED) is 0.756. The number of aromatic nitrogens is 1. The first-order valence-electron chi connectivity index (χ1n) is 8.62. The molecule has 0 spiro atoms. The smallest absolute Gasteiger partial charge is 0.321 e. The zero-order chi connectivity index (χ0) is 18.7. The lowest BCUT2D eigenvalue weighted by Gasteiger charge is -2.34. The number of benzene rings is 1. The van der Waals surface area contributed by atoms with Crippen molar-refractivity contribution in [1.82, 2.24) is 4.98 Å². The molecule has 0 saturated carbocycles. The van der Waals surface area contributed by atoms with Gasteiger partial charge in [-0.2, -0.15) is 5.26 Å². The Bertz CT molecular complexity index is 885. The van der Waals surface area contributed by atoms with E-state index in [1.165, 1.54) is 0 Å². The van der Waals surface area contributed by atoms with E-state index in [0.29, 0.717) is 11.5 Å². The highest BCUT2D eigenvalue weighted by Gasteiger charge is 2.23. The van der Waals surface area contributed by atoms with Crippen molar-refractivity contribution in [2.24, 2.45) is 5.92 Å². The number of fused-ring (bicyclic) bond motifs is 1. The Labute approximate surface area is 158 Å². The summed E-state index contributed by atoms with van der Waals surface area (Å²) < 4.78 is 4.92. The van der Waals surface area contributed by atoms with E-state index in [0.717, 1.165) is 54.5 Å². The highest BCUT2D eigenvalue weighted by molar-refractivity contribution is 8.06. The number of anilines is 1. The summed E-state index contributed by atoms with van der Waals surface area (Å²) in [5.74, 6) is 0.452. The van der Waals surface area contributed by atoms with E-state index in [9.17, 15) is 5.26 Å². The van der Waals surface area contributed by atoms with E-state index >= 15 is 0 Å². The average Bonchev–Trinajstić information content (AvgIpc) is 2.60. The van der Waals surface area contributed by atoms with Crippen LogP contribution in [-0.2, 0) is 16.3 Å². The Morgan fingerprint density at radius 1 is 1.38 bits per heavy atom. The number of nitriles is 1. The zero-order valence-corrected chi connectivity index (χ0v) is 16.3. The molecule has 1 aliphatic heterocycles. The Kier molecular flexibility index (Phi) is 5.91. The molecule has 1 aromatic carbocycles. The van der Waals surface area contributed by atoms with Crippen LogP contribution in [0.2, 0.25) is 0 Å². The van der Waals surface area contributed by atoms with E-state index < -0.39 is 6.72 Å².